The Morgan fingerprint density at radius 3 is 2.19 bits per heavy atom. The summed E-state index contributed by atoms with van der Waals surface area (Å²) < 4.78 is 1.91. The van der Waals surface area contributed by atoms with E-state index in [1.807, 2.05) is 27.7 Å². The first-order valence-electron chi connectivity index (χ1n) is 4.98. The van der Waals surface area contributed by atoms with Crippen molar-refractivity contribution >= 4 is 21.7 Å². The number of hydrogen-bond acceptors (Lipinski definition) is 4. The van der Waals surface area contributed by atoms with Crippen molar-refractivity contribution in [3.05, 3.63) is 10.3 Å². The number of nitrogens with zero attached hydrogens (tertiary/aromatic N) is 3. The standard InChI is InChI=1S/C10H17BrN4O/c1-9(2,10(3,4)12)7(16)6-8(11)13-14-15(6)5/h12H2,1-5H3. The molecule has 0 amide bonds. The van der Waals surface area contributed by atoms with E-state index < -0.39 is 11.0 Å². The van der Waals surface area contributed by atoms with E-state index in [1.54, 1.807) is 7.05 Å². The molecule has 0 bridgehead atoms. The molecule has 0 fully saturated rings. The molecule has 6 heteroatoms. The highest BCUT2D eigenvalue weighted by atomic mass is 79.9. The Labute approximate surface area is 104 Å². The number of aryl methyl sites for hydroxylation is 1. The van der Waals surface area contributed by atoms with Crippen molar-refractivity contribution in [2.75, 3.05) is 0 Å². The van der Waals surface area contributed by atoms with Crippen LogP contribution in [0.3, 0.4) is 0 Å². The average Bonchev–Trinajstić information content (AvgIpc) is 2.43. The summed E-state index contributed by atoms with van der Waals surface area (Å²) in [5, 5.41) is 7.59. The zero-order valence-electron chi connectivity index (χ0n) is 10.2. The molecule has 0 aromatic carbocycles. The molecule has 1 rings (SSSR count). The average molecular weight is 289 g/mol. The quantitative estimate of drug-likeness (QED) is 0.856. The largest absolute Gasteiger partial charge is 0.325 e. The van der Waals surface area contributed by atoms with E-state index in [1.165, 1.54) is 4.68 Å². The summed E-state index contributed by atoms with van der Waals surface area (Å²) in [7, 11) is 1.69. The highest BCUT2D eigenvalue weighted by Gasteiger charge is 2.42. The van der Waals surface area contributed by atoms with Crippen LogP contribution in [0.25, 0.3) is 0 Å². The predicted octanol–water partition coefficient (Wildman–Crippen LogP) is 1.52. The van der Waals surface area contributed by atoms with Gasteiger partial charge >= 0.3 is 0 Å². The summed E-state index contributed by atoms with van der Waals surface area (Å²) in [4.78, 5) is 12.4. The van der Waals surface area contributed by atoms with Gasteiger partial charge in [0.05, 0.1) is 0 Å². The third kappa shape index (κ3) is 2.04. The Morgan fingerprint density at radius 1 is 1.38 bits per heavy atom. The second-order valence-corrected chi connectivity index (χ2v) is 5.78. The van der Waals surface area contributed by atoms with Crippen molar-refractivity contribution in [1.29, 1.82) is 0 Å². The number of rotatable bonds is 3. The molecule has 1 heterocycles. The number of halogens is 1. The van der Waals surface area contributed by atoms with Crippen molar-refractivity contribution in [3.63, 3.8) is 0 Å². The molecule has 0 saturated heterocycles. The van der Waals surface area contributed by atoms with Gasteiger partial charge in [0, 0.05) is 18.0 Å². The number of nitrogens with two attached hydrogens (primary N) is 1. The van der Waals surface area contributed by atoms with Gasteiger partial charge in [-0.15, -0.1) is 5.10 Å². The molecule has 5 nitrogen and oxygen atoms in total. The molecule has 0 spiro atoms. The second-order valence-electron chi connectivity index (χ2n) is 5.03. The lowest BCUT2D eigenvalue weighted by atomic mass is 9.71. The van der Waals surface area contributed by atoms with Crippen molar-refractivity contribution in [2.45, 2.75) is 33.2 Å². The Hall–Kier alpha value is -0.750. The van der Waals surface area contributed by atoms with Gasteiger partial charge in [-0.2, -0.15) is 0 Å². The molecule has 1 aromatic rings. The van der Waals surface area contributed by atoms with Crippen molar-refractivity contribution in [3.8, 4) is 0 Å². The fraction of sp³-hybridized carbons (Fsp3) is 0.700. The molecule has 0 unspecified atom stereocenters. The van der Waals surface area contributed by atoms with Crippen LogP contribution in [0, 0.1) is 5.41 Å². The van der Waals surface area contributed by atoms with E-state index >= 15 is 0 Å². The second kappa shape index (κ2) is 3.92. The van der Waals surface area contributed by atoms with Crippen LogP contribution in [-0.4, -0.2) is 26.3 Å². The molecule has 90 valence electrons. The van der Waals surface area contributed by atoms with E-state index in [9.17, 15) is 4.79 Å². The summed E-state index contributed by atoms with van der Waals surface area (Å²) in [5.74, 6) is -0.0700. The molecule has 0 saturated carbocycles. The monoisotopic (exact) mass is 288 g/mol. The molecule has 16 heavy (non-hydrogen) atoms. The van der Waals surface area contributed by atoms with Crippen LogP contribution in [0.5, 0.6) is 0 Å². The molecule has 0 radical (unpaired) electrons. The van der Waals surface area contributed by atoms with Crippen LogP contribution in [0.4, 0.5) is 0 Å². The first-order chi connectivity index (χ1) is 7.09. The SMILES string of the molecule is Cn1nnc(Br)c1C(=O)C(C)(C)C(C)(C)N. The van der Waals surface area contributed by atoms with E-state index in [0.29, 0.717) is 10.3 Å². The lowest BCUT2D eigenvalue weighted by Crippen LogP contribution is -2.52. The van der Waals surface area contributed by atoms with Crippen LogP contribution >= 0.6 is 15.9 Å². The van der Waals surface area contributed by atoms with Gasteiger partial charge in [0.15, 0.2) is 10.4 Å². The molecule has 0 atom stereocenters. The summed E-state index contributed by atoms with van der Waals surface area (Å²) >= 11 is 3.22. The topological polar surface area (TPSA) is 73.8 Å². The minimum Gasteiger partial charge on any atom is -0.325 e. The maximum Gasteiger partial charge on any atom is 0.191 e. The highest BCUT2D eigenvalue weighted by Crippen LogP contribution is 2.33. The first kappa shape index (κ1) is 13.3. The number of carbonyl (C=O) groups excluding carboxylic acids is 1. The predicted molar refractivity (Wildman–Crippen MR) is 65.1 cm³/mol. The third-order valence-electron chi connectivity index (χ3n) is 3.18. The van der Waals surface area contributed by atoms with Crippen LogP contribution in [-0.2, 0) is 7.05 Å². The molecule has 0 aliphatic heterocycles. The van der Waals surface area contributed by atoms with Crippen LogP contribution in [0.1, 0.15) is 38.2 Å². The Morgan fingerprint density at radius 2 is 1.88 bits per heavy atom. The van der Waals surface area contributed by atoms with Crippen LogP contribution < -0.4 is 5.73 Å². The zero-order chi connectivity index (χ0) is 12.7. The highest BCUT2D eigenvalue weighted by molar-refractivity contribution is 9.10. The third-order valence-corrected chi connectivity index (χ3v) is 3.71. The summed E-state index contributed by atoms with van der Waals surface area (Å²) in [6.07, 6.45) is 0. The Bertz CT molecular complexity index is 397. The maximum atomic E-state index is 12.4. The van der Waals surface area contributed by atoms with Gasteiger partial charge in [0.2, 0.25) is 0 Å². The van der Waals surface area contributed by atoms with Gasteiger partial charge in [0.1, 0.15) is 5.69 Å². The minimum atomic E-state index is -0.689. The summed E-state index contributed by atoms with van der Waals surface area (Å²) in [6, 6.07) is 0. The van der Waals surface area contributed by atoms with Gasteiger partial charge in [0.25, 0.3) is 0 Å². The fourth-order valence-corrected chi connectivity index (χ4v) is 1.67. The van der Waals surface area contributed by atoms with Gasteiger partial charge in [-0.25, -0.2) is 4.68 Å². The van der Waals surface area contributed by atoms with Crippen molar-refractivity contribution in [2.24, 2.45) is 18.2 Å². The lowest BCUT2D eigenvalue weighted by molar-refractivity contribution is 0.0723. The molecule has 1 aromatic heterocycles. The minimum absolute atomic E-state index is 0.0700. The van der Waals surface area contributed by atoms with Gasteiger partial charge < -0.3 is 5.73 Å². The normalized spacial score (nSPS) is 12.9. The van der Waals surface area contributed by atoms with Gasteiger partial charge in [-0.3, -0.25) is 4.79 Å². The molecular weight excluding hydrogens is 272 g/mol. The Kier molecular flexibility index (Phi) is 3.27. The smallest absolute Gasteiger partial charge is 0.191 e. The van der Waals surface area contributed by atoms with Gasteiger partial charge in [-0.05, 0) is 29.8 Å². The van der Waals surface area contributed by atoms with E-state index in [4.69, 9.17) is 5.73 Å². The molecule has 2 N–H and O–H groups in total. The van der Waals surface area contributed by atoms with Crippen molar-refractivity contribution in [1.82, 2.24) is 15.0 Å². The van der Waals surface area contributed by atoms with E-state index in [-0.39, 0.29) is 5.78 Å². The fourth-order valence-electron chi connectivity index (χ4n) is 1.16. The van der Waals surface area contributed by atoms with Crippen LogP contribution in [0.15, 0.2) is 4.60 Å². The maximum absolute atomic E-state index is 12.4. The number of hydrogen-bond donors (Lipinski definition) is 1. The molecular formula is C10H17BrN4O. The molecule has 0 aliphatic carbocycles. The van der Waals surface area contributed by atoms with Crippen LogP contribution in [0.2, 0.25) is 0 Å². The van der Waals surface area contributed by atoms with E-state index in [2.05, 4.69) is 26.2 Å². The van der Waals surface area contributed by atoms with Gasteiger partial charge in [-0.1, -0.05) is 19.1 Å². The number of ketones is 1. The number of carbonyl (C=O) groups is 1. The Balaban J connectivity index is 3.23. The summed E-state index contributed by atoms with van der Waals surface area (Å²) in [6.45, 7) is 7.33. The lowest BCUT2D eigenvalue weighted by Gasteiger charge is -2.36. The number of Topliss-reactive ketones (excluding diaryl/α,β-unsaturated/α-hetero) is 1. The number of aromatic nitrogens is 3. The summed E-state index contributed by atoms with van der Waals surface area (Å²) in [5.41, 5.74) is 5.18. The molecule has 0 aliphatic rings. The van der Waals surface area contributed by atoms with E-state index in [0.717, 1.165) is 0 Å². The van der Waals surface area contributed by atoms with Crippen molar-refractivity contribution < 1.29 is 4.79 Å². The first-order valence-corrected chi connectivity index (χ1v) is 5.77. The zero-order valence-corrected chi connectivity index (χ0v) is 11.8.